The molecule has 2 N–H and O–H groups in total. The molecule has 3 rings (SSSR count). The molecule has 1 aliphatic carbocycles. The van der Waals surface area contributed by atoms with Gasteiger partial charge in [-0.05, 0) is 30.2 Å². The zero-order valence-corrected chi connectivity index (χ0v) is 10.5. The molecule has 1 fully saturated rings. The van der Waals surface area contributed by atoms with E-state index >= 15 is 0 Å². The number of nitrogens with one attached hydrogen (secondary N) is 2. The minimum absolute atomic E-state index is 0.560. The average molecular weight is 247 g/mol. The number of aromatic nitrogens is 2. The van der Waals surface area contributed by atoms with Crippen molar-refractivity contribution in [3.8, 4) is 0 Å². The van der Waals surface area contributed by atoms with Gasteiger partial charge in [0.25, 0.3) is 0 Å². The highest BCUT2D eigenvalue weighted by molar-refractivity contribution is 7.10. The van der Waals surface area contributed by atoms with Crippen LogP contribution in [0.1, 0.15) is 29.6 Å². The van der Waals surface area contributed by atoms with Crippen molar-refractivity contribution >= 4 is 11.3 Å². The summed E-state index contributed by atoms with van der Waals surface area (Å²) >= 11 is 1.86. The van der Waals surface area contributed by atoms with Crippen LogP contribution in [-0.4, -0.2) is 16.5 Å². The van der Waals surface area contributed by atoms with E-state index in [1.165, 1.54) is 17.7 Å². The molecular weight excluding hydrogens is 230 g/mol. The van der Waals surface area contributed by atoms with Crippen LogP contribution in [0.15, 0.2) is 29.9 Å². The van der Waals surface area contributed by atoms with E-state index in [0.29, 0.717) is 6.04 Å². The lowest BCUT2D eigenvalue weighted by molar-refractivity contribution is 0.489. The molecule has 0 spiro atoms. The summed E-state index contributed by atoms with van der Waals surface area (Å²) < 4.78 is 0. The largest absolute Gasteiger partial charge is 0.349 e. The van der Waals surface area contributed by atoms with Gasteiger partial charge in [-0.2, -0.15) is 0 Å². The highest BCUT2D eigenvalue weighted by atomic mass is 32.1. The Hall–Kier alpha value is -1.13. The molecule has 0 saturated heterocycles. The molecule has 2 heterocycles. The number of nitrogens with zero attached hydrogens (tertiary/aromatic N) is 1. The van der Waals surface area contributed by atoms with E-state index < -0.39 is 0 Å². The summed E-state index contributed by atoms with van der Waals surface area (Å²) in [7, 11) is 0. The normalized spacial score (nSPS) is 17.2. The second kappa shape index (κ2) is 5.02. The smallest absolute Gasteiger partial charge is 0.107 e. The van der Waals surface area contributed by atoms with Crippen LogP contribution < -0.4 is 5.32 Å². The van der Waals surface area contributed by atoms with Crippen LogP contribution in [0, 0.1) is 5.92 Å². The predicted molar refractivity (Wildman–Crippen MR) is 70.1 cm³/mol. The van der Waals surface area contributed by atoms with E-state index in [1.54, 1.807) is 0 Å². The van der Waals surface area contributed by atoms with Crippen LogP contribution in [0.4, 0.5) is 0 Å². The van der Waals surface area contributed by atoms with Gasteiger partial charge in [0.1, 0.15) is 5.82 Å². The van der Waals surface area contributed by atoms with Crippen molar-refractivity contribution in [3.63, 3.8) is 0 Å². The Kier molecular flexibility index (Phi) is 3.25. The maximum absolute atomic E-state index is 4.24. The monoisotopic (exact) mass is 247 g/mol. The van der Waals surface area contributed by atoms with Crippen molar-refractivity contribution in [2.45, 2.75) is 25.3 Å². The van der Waals surface area contributed by atoms with Gasteiger partial charge in [0.15, 0.2) is 0 Å². The van der Waals surface area contributed by atoms with Gasteiger partial charge < -0.3 is 10.3 Å². The zero-order chi connectivity index (χ0) is 11.5. The summed E-state index contributed by atoms with van der Waals surface area (Å²) in [6.07, 6.45) is 7.41. The lowest BCUT2D eigenvalue weighted by Crippen LogP contribution is -2.24. The number of H-pyrrole nitrogens is 1. The minimum atomic E-state index is 0.560. The molecule has 1 saturated carbocycles. The van der Waals surface area contributed by atoms with Crippen molar-refractivity contribution < 1.29 is 0 Å². The van der Waals surface area contributed by atoms with E-state index in [0.717, 1.165) is 24.7 Å². The summed E-state index contributed by atoms with van der Waals surface area (Å²) in [5, 5.41) is 5.84. The van der Waals surface area contributed by atoms with Gasteiger partial charge in [0, 0.05) is 36.3 Å². The van der Waals surface area contributed by atoms with E-state index in [9.17, 15) is 0 Å². The predicted octanol–water partition coefficient (Wildman–Crippen LogP) is 2.75. The molecule has 90 valence electrons. The number of hydrogen-bond acceptors (Lipinski definition) is 3. The van der Waals surface area contributed by atoms with Crippen LogP contribution in [-0.2, 0) is 6.42 Å². The zero-order valence-electron chi connectivity index (χ0n) is 9.73. The lowest BCUT2D eigenvalue weighted by Gasteiger charge is -2.16. The van der Waals surface area contributed by atoms with Gasteiger partial charge >= 0.3 is 0 Å². The molecule has 2 aromatic heterocycles. The molecule has 1 aliphatic rings. The van der Waals surface area contributed by atoms with Crippen molar-refractivity contribution in [2.24, 2.45) is 5.92 Å². The van der Waals surface area contributed by atoms with Crippen LogP contribution in [0.5, 0.6) is 0 Å². The van der Waals surface area contributed by atoms with Crippen molar-refractivity contribution in [3.05, 3.63) is 40.6 Å². The van der Waals surface area contributed by atoms with E-state index in [2.05, 4.69) is 32.8 Å². The molecular formula is C13H17N3S. The van der Waals surface area contributed by atoms with Crippen LogP contribution >= 0.6 is 11.3 Å². The Morgan fingerprint density at radius 2 is 2.47 bits per heavy atom. The first kappa shape index (κ1) is 11.0. The standard InChI is InChI=1S/C13H17N3S/c1-2-11(17-9-1)13(10-3-4-10)16-6-5-12-14-7-8-15-12/h1-2,7-10,13,16H,3-6H2,(H,14,15). The molecule has 3 nitrogen and oxygen atoms in total. The van der Waals surface area contributed by atoms with Crippen LogP contribution in [0.3, 0.4) is 0 Å². The van der Waals surface area contributed by atoms with Crippen molar-refractivity contribution in [1.29, 1.82) is 0 Å². The van der Waals surface area contributed by atoms with Gasteiger partial charge in [0.05, 0.1) is 0 Å². The third-order valence-electron chi connectivity index (χ3n) is 3.22. The van der Waals surface area contributed by atoms with Gasteiger partial charge in [-0.25, -0.2) is 4.98 Å². The summed E-state index contributed by atoms with van der Waals surface area (Å²) in [6.45, 7) is 0.993. The van der Waals surface area contributed by atoms with E-state index in [-0.39, 0.29) is 0 Å². The molecule has 4 heteroatoms. The highest BCUT2D eigenvalue weighted by Crippen LogP contribution is 2.42. The Labute approximate surface area is 105 Å². The molecule has 0 aliphatic heterocycles. The highest BCUT2D eigenvalue weighted by Gasteiger charge is 2.32. The minimum Gasteiger partial charge on any atom is -0.349 e. The molecule has 2 aromatic rings. The fraction of sp³-hybridized carbons (Fsp3) is 0.462. The second-order valence-electron chi connectivity index (χ2n) is 4.57. The van der Waals surface area contributed by atoms with E-state index in [1.807, 2.05) is 23.7 Å². The lowest BCUT2D eigenvalue weighted by atomic mass is 10.1. The van der Waals surface area contributed by atoms with Crippen molar-refractivity contribution in [1.82, 2.24) is 15.3 Å². The average Bonchev–Trinajstić information content (AvgIpc) is 2.84. The Bertz CT molecular complexity index is 431. The van der Waals surface area contributed by atoms with Crippen LogP contribution in [0.2, 0.25) is 0 Å². The first-order valence-corrected chi connectivity index (χ1v) is 7.06. The Morgan fingerprint density at radius 1 is 1.53 bits per heavy atom. The van der Waals surface area contributed by atoms with Gasteiger partial charge in [-0.15, -0.1) is 11.3 Å². The summed E-state index contributed by atoms with van der Waals surface area (Å²) in [6, 6.07) is 4.95. The second-order valence-corrected chi connectivity index (χ2v) is 5.55. The third-order valence-corrected chi connectivity index (χ3v) is 4.18. The third kappa shape index (κ3) is 2.76. The fourth-order valence-corrected chi connectivity index (χ4v) is 3.07. The summed E-state index contributed by atoms with van der Waals surface area (Å²) in [5.41, 5.74) is 0. The first-order chi connectivity index (χ1) is 8.43. The molecule has 0 radical (unpaired) electrons. The van der Waals surface area contributed by atoms with Crippen molar-refractivity contribution in [2.75, 3.05) is 6.54 Å². The maximum atomic E-state index is 4.24. The number of aromatic amines is 1. The Morgan fingerprint density at radius 3 is 3.12 bits per heavy atom. The molecule has 0 amide bonds. The molecule has 1 atom stereocenters. The molecule has 0 bridgehead atoms. The molecule has 17 heavy (non-hydrogen) atoms. The number of rotatable bonds is 6. The van der Waals surface area contributed by atoms with Gasteiger partial charge in [-0.1, -0.05) is 6.07 Å². The van der Waals surface area contributed by atoms with E-state index in [4.69, 9.17) is 0 Å². The van der Waals surface area contributed by atoms with Gasteiger partial charge in [-0.3, -0.25) is 0 Å². The Balaban J connectivity index is 1.55. The SMILES string of the molecule is c1csc(C(NCCc2ncc[nH]2)C2CC2)c1. The molecule has 1 unspecified atom stereocenters. The number of imidazole rings is 1. The summed E-state index contributed by atoms with van der Waals surface area (Å²) in [5.74, 6) is 1.92. The van der Waals surface area contributed by atoms with Crippen LogP contribution in [0.25, 0.3) is 0 Å². The van der Waals surface area contributed by atoms with Gasteiger partial charge in [0.2, 0.25) is 0 Å². The maximum Gasteiger partial charge on any atom is 0.107 e. The summed E-state index contributed by atoms with van der Waals surface area (Å²) in [4.78, 5) is 8.86. The fourth-order valence-electron chi connectivity index (χ4n) is 2.18. The topological polar surface area (TPSA) is 40.7 Å². The number of thiophene rings is 1. The first-order valence-electron chi connectivity index (χ1n) is 6.18. The number of hydrogen-bond donors (Lipinski definition) is 2. The quantitative estimate of drug-likeness (QED) is 0.824. The molecule has 0 aromatic carbocycles.